The molecule has 1 aliphatic carbocycles. The fourth-order valence-corrected chi connectivity index (χ4v) is 3.23. The number of thiocarbonyl (C=S) groups is 1. The van der Waals surface area contributed by atoms with Crippen molar-refractivity contribution >= 4 is 28.8 Å². The number of hydrogen-bond donors (Lipinski definition) is 2. The molecule has 0 radical (unpaired) electrons. The SMILES string of the molecule is COc1cccc(C(N)=S)c1NC(=O)C1CCCC1(C)C. The first-order valence-corrected chi connectivity index (χ1v) is 7.55. The Balaban J connectivity index is 2.30. The number of para-hydroxylation sites is 1. The summed E-state index contributed by atoms with van der Waals surface area (Å²) in [7, 11) is 1.56. The third-order valence-corrected chi connectivity index (χ3v) is 4.55. The van der Waals surface area contributed by atoms with E-state index in [9.17, 15) is 4.79 Å². The van der Waals surface area contributed by atoms with Crippen LogP contribution in [0.3, 0.4) is 0 Å². The highest BCUT2D eigenvalue weighted by Gasteiger charge is 2.39. The lowest BCUT2D eigenvalue weighted by Crippen LogP contribution is -2.31. The van der Waals surface area contributed by atoms with Crippen molar-refractivity contribution in [2.75, 3.05) is 12.4 Å². The molecule has 114 valence electrons. The van der Waals surface area contributed by atoms with E-state index < -0.39 is 0 Å². The third kappa shape index (κ3) is 3.18. The van der Waals surface area contributed by atoms with E-state index in [2.05, 4.69) is 19.2 Å². The molecule has 4 nitrogen and oxygen atoms in total. The van der Waals surface area contributed by atoms with Crippen LogP contribution in [0.4, 0.5) is 5.69 Å². The Kier molecular flexibility index (Phi) is 4.52. The molecule has 1 aliphatic rings. The molecule has 1 unspecified atom stereocenters. The number of carbonyl (C=O) groups excluding carboxylic acids is 1. The van der Waals surface area contributed by atoms with E-state index in [1.807, 2.05) is 6.07 Å². The highest BCUT2D eigenvalue weighted by molar-refractivity contribution is 7.80. The van der Waals surface area contributed by atoms with E-state index in [4.69, 9.17) is 22.7 Å². The average Bonchev–Trinajstić information content (AvgIpc) is 2.78. The van der Waals surface area contributed by atoms with Gasteiger partial charge in [-0.1, -0.05) is 38.6 Å². The Morgan fingerprint density at radius 1 is 1.48 bits per heavy atom. The van der Waals surface area contributed by atoms with Gasteiger partial charge in [0.2, 0.25) is 5.91 Å². The quantitative estimate of drug-likeness (QED) is 0.839. The fraction of sp³-hybridized carbons (Fsp3) is 0.500. The van der Waals surface area contributed by atoms with Crippen LogP contribution in [0.15, 0.2) is 18.2 Å². The van der Waals surface area contributed by atoms with Crippen LogP contribution >= 0.6 is 12.2 Å². The van der Waals surface area contributed by atoms with E-state index in [1.165, 1.54) is 0 Å². The minimum Gasteiger partial charge on any atom is -0.495 e. The third-order valence-electron chi connectivity index (χ3n) is 4.33. The number of benzene rings is 1. The molecule has 3 N–H and O–H groups in total. The Morgan fingerprint density at radius 2 is 2.19 bits per heavy atom. The summed E-state index contributed by atoms with van der Waals surface area (Å²) in [6.45, 7) is 4.28. The standard InChI is InChI=1S/C16H22N2O2S/c1-16(2)9-5-7-11(16)15(19)18-13-10(14(17)21)6-4-8-12(13)20-3/h4,6,8,11H,5,7,9H2,1-3H3,(H2,17,21)(H,18,19). The van der Waals surface area contributed by atoms with Crippen LogP contribution in [0.5, 0.6) is 5.75 Å². The summed E-state index contributed by atoms with van der Waals surface area (Å²) in [5.41, 5.74) is 6.97. The zero-order chi connectivity index (χ0) is 15.6. The number of methoxy groups -OCH3 is 1. The fourth-order valence-electron chi connectivity index (χ4n) is 3.06. The summed E-state index contributed by atoms with van der Waals surface area (Å²) in [4.78, 5) is 12.9. The van der Waals surface area contributed by atoms with Crippen molar-refractivity contribution in [3.8, 4) is 5.75 Å². The van der Waals surface area contributed by atoms with E-state index in [-0.39, 0.29) is 22.2 Å². The predicted octanol–water partition coefficient (Wildman–Crippen LogP) is 3.09. The molecule has 5 heteroatoms. The van der Waals surface area contributed by atoms with Gasteiger partial charge in [-0.3, -0.25) is 4.79 Å². The molecule has 1 atom stereocenters. The largest absolute Gasteiger partial charge is 0.495 e. The van der Waals surface area contributed by atoms with Gasteiger partial charge in [-0.2, -0.15) is 0 Å². The summed E-state index contributed by atoms with van der Waals surface area (Å²) < 4.78 is 5.32. The first kappa shape index (κ1) is 15.8. The minimum atomic E-state index is 0.00149. The van der Waals surface area contributed by atoms with Crippen molar-refractivity contribution in [3.05, 3.63) is 23.8 Å². The van der Waals surface area contributed by atoms with Gasteiger partial charge in [0, 0.05) is 11.5 Å². The first-order chi connectivity index (χ1) is 9.86. The summed E-state index contributed by atoms with van der Waals surface area (Å²) >= 11 is 5.06. The molecule has 0 aromatic heterocycles. The molecule has 1 aromatic rings. The van der Waals surface area contributed by atoms with Crippen molar-refractivity contribution in [1.29, 1.82) is 0 Å². The monoisotopic (exact) mass is 306 g/mol. The van der Waals surface area contributed by atoms with Gasteiger partial charge in [-0.25, -0.2) is 0 Å². The second kappa shape index (κ2) is 6.02. The van der Waals surface area contributed by atoms with Crippen LogP contribution < -0.4 is 15.8 Å². The highest BCUT2D eigenvalue weighted by Crippen LogP contribution is 2.43. The van der Waals surface area contributed by atoms with Gasteiger partial charge < -0.3 is 15.8 Å². The van der Waals surface area contributed by atoms with Crippen molar-refractivity contribution in [2.24, 2.45) is 17.1 Å². The lowest BCUT2D eigenvalue weighted by Gasteiger charge is -2.26. The van der Waals surface area contributed by atoms with E-state index in [1.54, 1.807) is 19.2 Å². The summed E-state index contributed by atoms with van der Waals surface area (Å²) in [5.74, 6) is 0.588. The van der Waals surface area contributed by atoms with Crippen LogP contribution in [-0.4, -0.2) is 18.0 Å². The molecule has 0 heterocycles. The van der Waals surface area contributed by atoms with Gasteiger partial charge in [0.15, 0.2) is 0 Å². The van der Waals surface area contributed by atoms with Gasteiger partial charge in [0.25, 0.3) is 0 Å². The molecule has 0 saturated heterocycles. The number of anilines is 1. The van der Waals surface area contributed by atoms with Gasteiger partial charge in [-0.05, 0) is 30.4 Å². The van der Waals surface area contributed by atoms with Gasteiger partial charge in [0.1, 0.15) is 10.7 Å². The second-order valence-electron chi connectivity index (χ2n) is 6.17. The minimum absolute atomic E-state index is 0.00149. The predicted molar refractivity (Wildman–Crippen MR) is 88.6 cm³/mol. The normalized spacial score (nSPS) is 20.0. The summed E-state index contributed by atoms with van der Waals surface area (Å²) in [5, 5.41) is 2.98. The highest BCUT2D eigenvalue weighted by atomic mass is 32.1. The number of amides is 1. The number of nitrogens with two attached hydrogens (primary N) is 1. The Morgan fingerprint density at radius 3 is 2.71 bits per heavy atom. The van der Waals surface area contributed by atoms with Crippen molar-refractivity contribution < 1.29 is 9.53 Å². The molecule has 0 aliphatic heterocycles. The maximum atomic E-state index is 12.6. The average molecular weight is 306 g/mol. The van der Waals surface area contributed by atoms with Crippen LogP contribution in [0.2, 0.25) is 0 Å². The van der Waals surface area contributed by atoms with E-state index in [0.29, 0.717) is 17.0 Å². The van der Waals surface area contributed by atoms with E-state index >= 15 is 0 Å². The zero-order valence-corrected chi connectivity index (χ0v) is 13.5. The smallest absolute Gasteiger partial charge is 0.228 e. The zero-order valence-electron chi connectivity index (χ0n) is 12.7. The van der Waals surface area contributed by atoms with Crippen molar-refractivity contribution in [1.82, 2.24) is 0 Å². The molecule has 2 rings (SSSR count). The lowest BCUT2D eigenvalue weighted by molar-refractivity contribution is -0.122. The molecule has 1 saturated carbocycles. The van der Waals surface area contributed by atoms with Crippen LogP contribution in [0.25, 0.3) is 0 Å². The lowest BCUT2D eigenvalue weighted by atomic mass is 9.81. The number of ether oxygens (including phenoxy) is 1. The summed E-state index contributed by atoms with van der Waals surface area (Å²) in [6.07, 6.45) is 3.06. The second-order valence-corrected chi connectivity index (χ2v) is 6.61. The number of rotatable bonds is 4. The van der Waals surface area contributed by atoms with Crippen LogP contribution in [0, 0.1) is 11.3 Å². The Bertz CT molecular complexity index is 569. The van der Waals surface area contributed by atoms with Crippen molar-refractivity contribution in [3.63, 3.8) is 0 Å². The number of nitrogens with one attached hydrogen (secondary N) is 1. The molecule has 1 aromatic carbocycles. The van der Waals surface area contributed by atoms with Gasteiger partial charge >= 0.3 is 0 Å². The molecule has 0 bridgehead atoms. The molecule has 1 amide bonds. The molecule has 1 fully saturated rings. The Labute approximate surface area is 131 Å². The molecular weight excluding hydrogens is 284 g/mol. The molecule has 0 spiro atoms. The first-order valence-electron chi connectivity index (χ1n) is 7.14. The summed E-state index contributed by atoms with van der Waals surface area (Å²) in [6, 6.07) is 5.39. The number of carbonyl (C=O) groups is 1. The van der Waals surface area contributed by atoms with Crippen LogP contribution in [-0.2, 0) is 4.79 Å². The van der Waals surface area contributed by atoms with E-state index in [0.717, 1.165) is 19.3 Å². The number of hydrogen-bond acceptors (Lipinski definition) is 3. The maximum absolute atomic E-state index is 12.6. The maximum Gasteiger partial charge on any atom is 0.228 e. The van der Waals surface area contributed by atoms with Gasteiger partial charge in [0.05, 0.1) is 12.8 Å². The Hall–Kier alpha value is -1.62. The molecular formula is C16H22N2O2S. The van der Waals surface area contributed by atoms with Crippen molar-refractivity contribution in [2.45, 2.75) is 33.1 Å². The van der Waals surface area contributed by atoms with Crippen LogP contribution in [0.1, 0.15) is 38.7 Å². The van der Waals surface area contributed by atoms with Gasteiger partial charge in [-0.15, -0.1) is 0 Å². The topological polar surface area (TPSA) is 64.3 Å². The molecule has 21 heavy (non-hydrogen) atoms.